The van der Waals surface area contributed by atoms with Gasteiger partial charge in [0.1, 0.15) is 0 Å². The molecular weight excluding hydrogens is 157 g/mol. The Labute approximate surface area is 63.5 Å². The molecule has 2 unspecified atom stereocenters. The zero-order valence-electron chi connectivity index (χ0n) is 6.32. The third-order valence-electron chi connectivity index (χ3n) is 1.97. The first-order valence-corrected chi connectivity index (χ1v) is 3.67. The van der Waals surface area contributed by atoms with Crippen LogP contribution < -0.4 is 0 Å². The van der Waals surface area contributed by atoms with Gasteiger partial charge in [0.2, 0.25) is 0 Å². The van der Waals surface area contributed by atoms with Gasteiger partial charge < -0.3 is 4.74 Å². The summed E-state index contributed by atoms with van der Waals surface area (Å²) in [6.07, 6.45) is -4.73. The third kappa shape index (κ3) is 2.69. The van der Waals surface area contributed by atoms with Crippen molar-refractivity contribution in [2.45, 2.75) is 32.0 Å². The van der Waals surface area contributed by atoms with Crippen LogP contribution in [0.3, 0.4) is 0 Å². The smallest absolute Gasteiger partial charge is 0.378 e. The molecule has 0 amide bonds. The number of hydrogen-bond acceptors (Lipinski definition) is 1. The fourth-order valence-corrected chi connectivity index (χ4v) is 1.24. The molecule has 0 bridgehead atoms. The van der Waals surface area contributed by atoms with Gasteiger partial charge in [-0.1, -0.05) is 6.92 Å². The topological polar surface area (TPSA) is 9.23 Å². The van der Waals surface area contributed by atoms with E-state index >= 15 is 0 Å². The lowest BCUT2D eigenvalue weighted by molar-refractivity contribution is -0.158. The van der Waals surface area contributed by atoms with E-state index in [0.29, 0.717) is 6.61 Å². The van der Waals surface area contributed by atoms with Crippen molar-refractivity contribution < 1.29 is 17.9 Å². The molecule has 0 aromatic rings. The van der Waals surface area contributed by atoms with Crippen molar-refractivity contribution in [2.24, 2.45) is 5.92 Å². The molecule has 11 heavy (non-hydrogen) atoms. The number of alkyl halides is 3. The summed E-state index contributed by atoms with van der Waals surface area (Å²) in [6.45, 7) is 2.27. The summed E-state index contributed by atoms with van der Waals surface area (Å²) < 4.78 is 40.3. The average molecular weight is 168 g/mol. The monoisotopic (exact) mass is 168 g/mol. The van der Waals surface area contributed by atoms with Crippen molar-refractivity contribution in [3.8, 4) is 0 Å². The molecule has 1 fully saturated rings. The highest BCUT2D eigenvalue weighted by Gasteiger charge is 2.37. The second-order valence-electron chi connectivity index (χ2n) is 2.99. The molecule has 0 aliphatic carbocycles. The standard InChI is InChI=1S/C7H11F3O/c1-5-2-3-11-6(5)4-7(8,9)10/h5-6H,2-4H2,1H3. The van der Waals surface area contributed by atoms with E-state index in [9.17, 15) is 13.2 Å². The molecule has 1 aliphatic heterocycles. The van der Waals surface area contributed by atoms with Crippen molar-refractivity contribution in [1.29, 1.82) is 0 Å². The molecule has 1 heterocycles. The molecule has 0 spiro atoms. The second-order valence-corrected chi connectivity index (χ2v) is 2.99. The Balaban J connectivity index is 2.37. The summed E-state index contributed by atoms with van der Waals surface area (Å²) >= 11 is 0. The first-order chi connectivity index (χ1) is 4.99. The molecule has 1 saturated heterocycles. The number of halogens is 3. The molecule has 0 N–H and O–H groups in total. The van der Waals surface area contributed by atoms with Gasteiger partial charge >= 0.3 is 6.18 Å². The Hall–Kier alpha value is -0.250. The van der Waals surface area contributed by atoms with Crippen molar-refractivity contribution >= 4 is 0 Å². The van der Waals surface area contributed by atoms with Gasteiger partial charge in [0.15, 0.2) is 0 Å². The largest absolute Gasteiger partial charge is 0.391 e. The third-order valence-corrected chi connectivity index (χ3v) is 1.97. The van der Waals surface area contributed by atoms with Crippen LogP contribution in [0.4, 0.5) is 13.2 Å². The maximum Gasteiger partial charge on any atom is 0.391 e. The van der Waals surface area contributed by atoms with Gasteiger partial charge in [-0.15, -0.1) is 0 Å². The fraction of sp³-hybridized carbons (Fsp3) is 1.00. The van der Waals surface area contributed by atoms with E-state index in [1.54, 1.807) is 6.92 Å². The molecule has 1 rings (SSSR count). The molecule has 4 heteroatoms. The average Bonchev–Trinajstić information content (AvgIpc) is 2.12. The second kappa shape index (κ2) is 3.01. The van der Waals surface area contributed by atoms with Gasteiger partial charge in [-0.3, -0.25) is 0 Å². The lowest BCUT2D eigenvalue weighted by Gasteiger charge is -2.15. The van der Waals surface area contributed by atoms with Crippen LogP contribution in [0.5, 0.6) is 0 Å². The summed E-state index contributed by atoms with van der Waals surface area (Å²) in [4.78, 5) is 0. The summed E-state index contributed by atoms with van der Waals surface area (Å²) in [7, 11) is 0. The molecule has 2 atom stereocenters. The van der Waals surface area contributed by atoms with E-state index in [-0.39, 0.29) is 5.92 Å². The quantitative estimate of drug-likeness (QED) is 0.584. The van der Waals surface area contributed by atoms with Crippen LogP contribution in [0, 0.1) is 5.92 Å². The van der Waals surface area contributed by atoms with E-state index in [2.05, 4.69) is 0 Å². The summed E-state index contributed by atoms with van der Waals surface area (Å²) in [5, 5.41) is 0. The Kier molecular flexibility index (Phi) is 2.42. The minimum absolute atomic E-state index is 0.0524. The van der Waals surface area contributed by atoms with Crippen LogP contribution in [0.2, 0.25) is 0 Å². The normalized spacial score (nSPS) is 32.7. The molecule has 1 nitrogen and oxygen atoms in total. The van der Waals surface area contributed by atoms with E-state index in [4.69, 9.17) is 4.74 Å². The Morgan fingerprint density at radius 3 is 2.45 bits per heavy atom. The lowest BCUT2D eigenvalue weighted by Crippen LogP contribution is -2.22. The predicted octanol–water partition coefficient (Wildman–Crippen LogP) is 2.36. The van der Waals surface area contributed by atoms with Gasteiger partial charge in [0, 0.05) is 6.61 Å². The van der Waals surface area contributed by atoms with Gasteiger partial charge in [-0.25, -0.2) is 0 Å². The lowest BCUT2D eigenvalue weighted by atomic mass is 10.0. The number of rotatable bonds is 1. The van der Waals surface area contributed by atoms with Crippen molar-refractivity contribution in [2.75, 3.05) is 6.61 Å². The van der Waals surface area contributed by atoms with Crippen LogP contribution >= 0.6 is 0 Å². The van der Waals surface area contributed by atoms with Crippen LogP contribution in [0.15, 0.2) is 0 Å². The zero-order valence-corrected chi connectivity index (χ0v) is 6.32. The van der Waals surface area contributed by atoms with Crippen molar-refractivity contribution in [3.05, 3.63) is 0 Å². The van der Waals surface area contributed by atoms with Gasteiger partial charge in [-0.2, -0.15) is 13.2 Å². The summed E-state index contributed by atoms with van der Waals surface area (Å²) in [5.41, 5.74) is 0. The highest BCUT2D eigenvalue weighted by Crippen LogP contribution is 2.30. The van der Waals surface area contributed by atoms with E-state index in [1.807, 2.05) is 0 Å². The van der Waals surface area contributed by atoms with E-state index in [1.165, 1.54) is 0 Å². The highest BCUT2D eigenvalue weighted by molar-refractivity contribution is 4.75. The molecule has 0 radical (unpaired) electrons. The molecule has 66 valence electrons. The number of ether oxygens (including phenoxy) is 1. The van der Waals surface area contributed by atoms with Gasteiger partial charge in [-0.05, 0) is 12.3 Å². The van der Waals surface area contributed by atoms with E-state index < -0.39 is 18.7 Å². The first kappa shape index (κ1) is 8.84. The Bertz CT molecular complexity index is 132. The van der Waals surface area contributed by atoms with E-state index in [0.717, 1.165) is 6.42 Å². The minimum Gasteiger partial charge on any atom is -0.378 e. The predicted molar refractivity (Wildman–Crippen MR) is 34.2 cm³/mol. The molecular formula is C7H11F3O. The van der Waals surface area contributed by atoms with Gasteiger partial charge in [0.05, 0.1) is 12.5 Å². The molecule has 0 aromatic carbocycles. The summed E-state index contributed by atoms with van der Waals surface area (Å²) in [6, 6.07) is 0. The fourth-order valence-electron chi connectivity index (χ4n) is 1.24. The van der Waals surface area contributed by atoms with Crippen LogP contribution in [-0.2, 0) is 4.74 Å². The van der Waals surface area contributed by atoms with Crippen LogP contribution in [0.1, 0.15) is 19.8 Å². The zero-order chi connectivity index (χ0) is 8.48. The minimum atomic E-state index is -4.08. The molecule has 0 aromatic heterocycles. The molecule has 0 saturated carbocycles. The maximum absolute atomic E-state index is 11.8. The van der Waals surface area contributed by atoms with Gasteiger partial charge in [0.25, 0.3) is 0 Å². The van der Waals surface area contributed by atoms with Crippen LogP contribution in [-0.4, -0.2) is 18.9 Å². The number of hydrogen-bond donors (Lipinski definition) is 0. The molecule has 1 aliphatic rings. The Morgan fingerprint density at radius 1 is 1.45 bits per heavy atom. The van der Waals surface area contributed by atoms with Crippen molar-refractivity contribution in [3.63, 3.8) is 0 Å². The Morgan fingerprint density at radius 2 is 2.09 bits per heavy atom. The highest BCUT2D eigenvalue weighted by atomic mass is 19.4. The SMILES string of the molecule is CC1CCOC1CC(F)(F)F. The van der Waals surface area contributed by atoms with Crippen molar-refractivity contribution in [1.82, 2.24) is 0 Å². The van der Waals surface area contributed by atoms with Crippen LogP contribution in [0.25, 0.3) is 0 Å². The first-order valence-electron chi connectivity index (χ1n) is 3.67. The maximum atomic E-state index is 11.8. The summed E-state index contributed by atoms with van der Waals surface area (Å²) in [5.74, 6) is 0.0524.